The number of amides is 1. The topological polar surface area (TPSA) is 58.4 Å². The molecule has 2 atom stereocenters. The summed E-state index contributed by atoms with van der Waals surface area (Å²) in [4.78, 5) is 13.8. The molecule has 2 fully saturated rings. The minimum atomic E-state index is -0.349. The first-order chi connectivity index (χ1) is 9.65. The molecule has 2 aliphatic heterocycles. The highest BCUT2D eigenvalue weighted by atomic mass is 16.1. The number of aryl methyl sites for hydroxylation is 1. The van der Waals surface area contributed by atoms with Gasteiger partial charge in [0.15, 0.2) is 0 Å². The number of hydrogen-bond acceptors (Lipinski definition) is 3. The molecule has 1 aromatic rings. The van der Waals surface area contributed by atoms with Crippen LogP contribution in [0.1, 0.15) is 34.3 Å². The summed E-state index contributed by atoms with van der Waals surface area (Å²) in [6, 6.07) is 6.49. The number of nitrogens with one attached hydrogen (secondary N) is 1. The van der Waals surface area contributed by atoms with Crippen LogP contribution in [0.2, 0.25) is 0 Å². The largest absolute Gasteiger partial charge is 0.366 e. The van der Waals surface area contributed by atoms with Crippen LogP contribution in [0.4, 0.5) is 0 Å². The summed E-state index contributed by atoms with van der Waals surface area (Å²) in [5, 5.41) is 3.52. The molecule has 0 aromatic heterocycles. The Morgan fingerprint density at radius 1 is 1.45 bits per heavy atom. The molecule has 20 heavy (non-hydrogen) atoms. The van der Waals surface area contributed by atoms with E-state index in [1.807, 2.05) is 12.1 Å². The third-order valence-corrected chi connectivity index (χ3v) is 4.79. The lowest BCUT2D eigenvalue weighted by Crippen LogP contribution is -2.44. The molecule has 4 nitrogen and oxygen atoms in total. The first-order valence-corrected chi connectivity index (χ1v) is 7.49. The molecule has 1 amide bonds. The summed E-state index contributed by atoms with van der Waals surface area (Å²) in [7, 11) is 0. The fourth-order valence-corrected chi connectivity index (χ4v) is 3.61. The zero-order valence-corrected chi connectivity index (χ0v) is 12.1. The Balaban J connectivity index is 1.75. The monoisotopic (exact) mass is 273 g/mol. The number of hydrogen-bond donors (Lipinski definition) is 2. The normalized spacial score (nSPS) is 26.4. The smallest absolute Gasteiger partial charge is 0.248 e. The van der Waals surface area contributed by atoms with E-state index in [1.165, 1.54) is 31.5 Å². The van der Waals surface area contributed by atoms with Gasteiger partial charge in [-0.25, -0.2) is 0 Å². The third kappa shape index (κ3) is 2.58. The summed E-state index contributed by atoms with van der Waals surface area (Å²) < 4.78 is 0. The molecule has 3 N–H and O–H groups in total. The Labute approximate surface area is 120 Å². The van der Waals surface area contributed by atoms with E-state index in [0.717, 1.165) is 24.6 Å². The van der Waals surface area contributed by atoms with Crippen molar-refractivity contribution in [1.29, 1.82) is 0 Å². The molecule has 3 rings (SSSR count). The van der Waals surface area contributed by atoms with Crippen LogP contribution in [-0.4, -0.2) is 36.5 Å². The van der Waals surface area contributed by atoms with Crippen molar-refractivity contribution in [2.45, 2.75) is 32.4 Å². The number of carbonyl (C=O) groups excluding carboxylic acids is 1. The fourth-order valence-electron chi connectivity index (χ4n) is 3.61. The Morgan fingerprint density at radius 3 is 3.05 bits per heavy atom. The standard InChI is InChI=1S/C16H23N3O/c1-11-7-12(16(17)20)4-5-14(11)10-19-6-2-3-13-8-18-9-15(13)19/h4-5,7,13,15,18H,2-3,6,8-10H2,1H3,(H2,17,20). The summed E-state index contributed by atoms with van der Waals surface area (Å²) in [6.07, 6.45) is 2.65. The number of piperidine rings is 1. The highest BCUT2D eigenvalue weighted by Crippen LogP contribution is 2.28. The Morgan fingerprint density at radius 2 is 2.30 bits per heavy atom. The van der Waals surface area contributed by atoms with Gasteiger partial charge in [-0.3, -0.25) is 9.69 Å². The van der Waals surface area contributed by atoms with Crippen LogP contribution in [0.15, 0.2) is 18.2 Å². The van der Waals surface area contributed by atoms with Crippen molar-refractivity contribution in [2.24, 2.45) is 11.7 Å². The van der Waals surface area contributed by atoms with Gasteiger partial charge >= 0.3 is 0 Å². The van der Waals surface area contributed by atoms with Crippen molar-refractivity contribution in [3.8, 4) is 0 Å². The van der Waals surface area contributed by atoms with E-state index in [1.54, 1.807) is 0 Å². The fraction of sp³-hybridized carbons (Fsp3) is 0.562. The van der Waals surface area contributed by atoms with Crippen LogP contribution in [0.5, 0.6) is 0 Å². The molecule has 108 valence electrons. The molecule has 1 aromatic carbocycles. The van der Waals surface area contributed by atoms with E-state index in [0.29, 0.717) is 11.6 Å². The zero-order chi connectivity index (χ0) is 14.1. The summed E-state index contributed by atoms with van der Waals surface area (Å²) in [5.74, 6) is 0.464. The number of likely N-dealkylation sites (tertiary alicyclic amines) is 1. The predicted octanol–water partition coefficient (Wildman–Crippen LogP) is 1.28. The van der Waals surface area contributed by atoms with Crippen molar-refractivity contribution < 1.29 is 4.79 Å². The number of rotatable bonds is 3. The van der Waals surface area contributed by atoms with Gasteiger partial charge in [0.2, 0.25) is 5.91 Å². The van der Waals surface area contributed by atoms with Crippen LogP contribution >= 0.6 is 0 Å². The lowest BCUT2D eigenvalue weighted by atomic mass is 9.91. The second kappa shape index (κ2) is 5.54. The molecule has 2 saturated heterocycles. The SMILES string of the molecule is Cc1cc(C(N)=O)ccc1CN1CCCC2CNCC21. The maximum absolute atomic E-state index is 11.2. The van der Waals surface area contributed by atoms with Crippen LogP contribution in [0.25, 0.3) is 0 Å². The molecule has 0 bridgehead atoms. The zero-order valence-electron chi connectivity index (χ0n) is 12.1. The molecule has 0 radical (unpaired) electrons. The second-order valence-corrected chi connectivity index (χ2v) is 6.10. The maximum atomic E-state index is 11.2. The first kappa shape index (κ1) is 13.6. The quantitative estimate of drug-likeness (QED) is 0.872. The average Bonchev–Trinajstić information content (AvgIpc) is 2.90. The summed E-state index contributed by atoms with van der Waals surface area (Å²) in [6.45, 7) is 6.51. The van der Waals surface area contributed by atoms with Crippen LogP contribution in [0.3, 0.4) is 0 Å². The van der Waals surface area contributed by atoms with E-state index in [2.05, 4.69) is 23.2 Å². The number of nitrogens with zero attached hydrogens (tertiary/aromatic N) is 1. The molecule has 2 unspecified atom stereocenters. The van der Waals surface area contributed by atoms with Crippen molar-refractivity contribution >= 4 is 5.91 Å². The molecular formula is C16H23N3O. The number of benzene rings is 1. The van der Waals surface area contributed by atoms with Crippen molar-refractivity contribution in [2.75, 3.05) is 19.6 Å². The Bertz CT molecular complexity index is 514. The van der Waals surface area contributed by atoms with Crippen molar-refractivity contribution in [3.63, 3.8) is 0 Å². The van der Waals surface area contributed by atoms with Gasteiger partial charge in [-0.15, -0.1) is 0 Å². The van der Waals surface area contributed by atoms with Gasteiger partial charge in [-0.2, -0.15) is 0 Å². The molecule has 0 aliphatic carbocycles. The highest BCUT2D eigenvalue weighted by Gasteiger charge is 2.34. The molecule has 4 heteroatoms. The van der Waals surface area contributed by atoms with Crippen molar-refractivity contribution in [1.82, 2.24) is 10.2 Å². The Hall–Kier alpha value is -1.39. The predicted molar refractivity (Wildman–Crippen MR) is 79.5 cm³/mol. The Kier molecular flexibility index (Phi) is 3.76. The minimum Gasteiger partial charge on any atom is -0.366 e. The molecule has 2 aliphatic rings. The summed E-state index contributed by atoms with van der Waals surface area (Å²) >= 11 is 0. The van der Waals surface area contributed by atoms with Gasteiger partial charge < -0.3 is 11.1 Å². The second-order valence-electron chi connectivity index (χ2n) is 6.10. The highest BCUT2D eigenvalue weighted by molar-refractivity contribution is 5.93. The van der Waals surface area contributed by atoms with E-state index in [4.69, 9.17) is 5.73 Å². The molecule has 0 saturated carbocycles. The maximum Gasteiger partial charge on any atom is 0.248 e. The van der Waals surface area contributed by atoms with Crippen LogP contribution < -0.4 is 11.1 Å². The third-order valence-electron chi connectivity index (χ3n) is 4.79. The molecular weight excluding hydrogens is 250 g/mol. The number of nitrogens with two attached hydrogens (primary N) is 1. The van der Waals surface area contributed by atoms with Gasteiger partial charge in [0.05, 0.1) is 0 Å². The van der Waals surface area contributed by atoms with Gasteiger partial charge in [0.1, 0.15) is 0 Å². The van der Waals surface area contributed by atoms with Crippen LogP contribution in [0, 0.1) is 12.8 Å². The minimum absolute atomic E-state index is 0.349. The van der Waals surface area contributed by atoms with Gasteiger partial charge in [-0.05, 0) is 62.0 Å². The van der Waals surface area contributed by atoms with Gasteiger partial charge in [0.25, 0.3) is 0 Å². The number of carbonyl (C=O) groups is 1. The average molecular weight is 273 g/mol. The van der Waals surface area contributed by atoms with Gasteiger partial charge in [0, 0.05) is 24.7 Å². The number of fused-ring (bicyclic) bond motifs is 1. The number of primary amides is 1. The lowest BCUT2D eigenvalue weighted by Gasteiger charge is -2.37. The van der Waals surface area contributed by atoms with E-state index in [9.17, 15) is 4.79 Å². The van der Waals surface area contributed by atoms with E-state index in [-0.39, 0.29) is 5.91 Å². The van der Waals surface area contributed by atoms with E-state index < -0.39 is 0 Å². The first-order valence-electron chi connectivity index (χ1n) is 7.49. The van der Waals surface area contributed by atoms with Gasteiger partial charge in [-0.1, -0.05) is 6.07 Å². The lowest BCUT2D eigenvalue weighted by molar-refractivity contribution is 0.1000. The van der Waals surface area contributed by atoms with Crippen molar-refractivity contribution in [3.05, 3.63) is 34.9 Å². The molecule has 2 heterocycles. The van der Waals surface area contributed by atoms with E-state index >= 15 is 0 Å². The summed E-state index contributed by atoms with van der Waals surface area (Å²) in [5.41, 5.74) is 8.40. The van der Waals surface area contributed by atoms with Crippen LogP contribution in [-0.2, 0) is 6.54 Å². The molecule has 0 spiro atoms.